The molecule has 398 valence electrons. The number of carbonyl (C=O) groups excluding carboxylic acids is 2. The van der Waals surface area contributed by atoms with Crippen molar-refractivity contribution in [2.24, 2.45) is 0 Å². The van der Waals surface area contributed by atoms with Crippen molar-refractivity contribution >= 4 is 11.9 Å². The van der Waals surface area contributed by atoms with Crippen LogP contribution in [-0.2, 0) is 14.3 Å². The van der Waals surface area contributed by atoms with Crippen molar-refractivity contribution in [3.63, 3.8) is 0 Å². The lowest BCUT2D eigenvalue weighted by Crippen LogP contribution is -2.45. The van der Waals surface area contributed by atoms with Crippen LogP contribution in [-0.4, -0.2) is 47.4 Å². The predicted molar refractivity (Wildman–Crippen MR) is 292 cm³/mol. The van der Waals surface area contributed by atoms with Crippen LogP contribution in [0.25, 0.3) is 0 Å². The van der Waals surface area contributed by atoms with Crippen molar-refractivity contribution in [3.05, 3.63) is 12.2 Å². The van der Waals surface area contributed by atoms with Crippen LogP contribution in [0.3, 0.4) is 0 Å². The largest absolute Gasteiger partial charge is 0.466 e. The van der Waals surface area contributed by atoms with E-state index >= 15 is 0 Å². The Morgan fingerprint density at radius 1 is 0.403 bits per heavy atom. The number of esters is 1. The van der Waals surface area contributed by atoms with E-state index in [1.54, 1.807) is 0 Å². The first-order valence-corrected chi connectivity index (χ1v) is 30.4. The summed E-state index contributed by atoms with van der Waals surface area (Å²) in [4.78, 5) is 24.5. The number of amides is 1. The molecule has 0 heterocycles. The van der Waals surface area contributed by atoms with Crippen molar-refractivity contribution in [1.29, 1.82) is 0 Å². The van der Waals surface area contributed by atoms with Gasteiger partial charge in [0.25, 0.3) is 0 Å². The van der Waals surface area contributed by atoms with Crippen LogP contribution in [0.5, 0.6) is 0 Å². The van der Waals surface area contributed by atoms with Gasteiger partial charge in [-0.25, -0.2) is 0 Å². The first-order chi connectivity index (χ1) is 33.0. The van der Waals surface area contributed by atoms with Gasteiger partial charge in [-0.05, 0) is 51.4 Å². The Morgan fingerprint density at radius 2 is 0.701 bits per heavy atom. The Hall–Kier alpha value is -1.40. The second-order valence-electron chi connectivity index (χ2n) is 21.0. The molecule has 0 fully saturated rings. The van der Waals surface area contributed by atoms with E-state index in [-0.39, 0.29) is 18.5 Å². The molecule has 0 aromatic heterocycles. The maximum Gasteiger partial charge on any atom is 0.305 e. The van der Waals surface area contributed by atoms with Gasteiger partial charge >= 0.3 is 5.97 Å². The molecule has 67 heavy (non-hydrogen) atoms. The lowest BCUT2D eigenvalue weighted by molar-refractivity contribution is -0.143. The summed E-state index contributed by atoms with van der Waals surface area (Å²) in [5, 5.41) is 23.3. The zero-order valence-electron chi connectivity index (χ0n) is 45.4. The number of aliphatic hydroxyl groups excluding tert-OH is 2. The van der Waals surface area contributed by atoms with Crippen molar-refractivity contribution in [3.8, 4) is 0 Å². The average Bonchev–Trinajstić information content (AvgIpc) is 3.33. The third kappa shape index (κ3) is 53.8. The molecule has 0 bridgehead atoms. The number of ether oxygens (including phenoxy) is 1. The van der Waals surface area contributed by atoms with Gasteiger partial charge in [0.2, 0.25) is 5.91 Å². The molecule has 0 aliphatic carbocycles. The Bertz CT molecular complexity index is 1000. The lowest BCUT2D eigenvalue weighted by Gasteiger charge is -2.22. The molecular weight excluding hydrogens is 827 g/mol. The van der Waals surface area contributed by atoms with Gasteiger partial charge in [-0.3, -0.25) is 9.59 Å². The number of rotatable bonds is 57. The lowest BCUT2D eigenvalue weighted by atomic mass is 10.0. The quantitative estimate of drug-likeness (QED) is 0.0321. The van der Waals surface area contributed by atoms with Gasteiger partial charge in [0.15, 0.2) is 0 Å². The smallest absolute Gasteiger partial charge is 0.305 e. The minimum absolute atomic E-state index is 0.00278. The number of hydrogen-bond acceptors (Lipinski definition) is 5. The minimum atomic E-state index is -0.665. The van der Waals surface area contributed by atoms with Gasteiger partial charge in [0.05, 0.1) is 25.4 Å². The van der Waals surface area contributed by atoms with E-state index in [2.05, 4.69) is 31.3 Å². The summed E-state index contributed by atoms with van der Waals surface area (Å²) < 4.78 is 5.48. The van der Waals surface area contributed by atoms with E-state index in [1.165, 1.54) is 263 Å². The van der Waals surface area contributed by atoms with E-state index < -0.39 is 12.1 Å². The van der Waals surface area contributed by atoms with E-state index in [4.69, 9.17) is 4.74 Å². The van der Waals surface area contributed by atoms with Crippen LogP contribution in [0, 0.1) is 0 Å². The van der Waals surface area contributed by atoms with Gasteiger partial charge in [-0.15, -0.1) is 0 Å². The second kappa shape index (κ2) is 57.2. The highest BCUT2D eigenvalue weighted by Gasteiger charge is 2.20. The molecular formula is C61H119NO5. The maximum absolute atomic E-state index is 12.5. The van der Waals surface area contributed by atoms with Gasteiger partial charge < -0.3 is 20.3 Å². The minimum Gasteiger partial charge on any atom is -0.466 e. The predicted octanol–water partition coefficient (Wildman–Crippen LogP) is 18.9. The molecule has 2 atom stereocenters. The number of carbonyl (C=O) groups is 2. The number of nitrogens with one attached hydrogen (secondary N) is 1. The Morgan fingerprint density at radius 3 is 1.06 bits per heavy atom. The number of allylic oxidation sites excluding steroid dienone is 2. The number of hydrogen-bond donors (Lipinski definition) is 3. The SMILES string of the molecule is CCCCCCC/C=C\CCCCCCCC(=O)OCCCCCCCCCCCCCCCCCCCCCCC(=O)NC(CO)C(O)CCCCCCCCCCCCCCCCCC. The first-order valence-electron chi connectivity index (χ1n) is 30.4. The van der Waals surface area contributed by atoms with E-state index in [0.29, 0.717) is 25.9 Å². The van der Waals surface area contributed by atoms with Crippen LogP contribution in [0.4, 0.5) is 0 Å². The fraction of sp³-hybridized carbons (Fsp3) is 0.934. The zero-order chi connectivity index (χ0) is 48.6. The molecule has 6 heteroatoms. The summed E-state index contributed by atoms with van der Waals surface area (Å²) in [6.45, 7) is 4.96. The topological polar surface area (TPSA) is 95.9 Å². The molecule has 0 aromatic carbocycles. The summed E-state index contributed by atoms with van der Waals surface area (Å²) in [5.41, 5.74) is 0. The molecule has 0 spiro atoms. The second-order valence-corrected chi connectivity index (χ2v) is 21.0. The monoisotopic (exact) mass is 946 g/mol. The highest BCUT2D eigenvalue weighted by molar-refractivity contribution is 5.76. The summed E-state index contributed by atoms with van der Waals surface area (Å²) in [5.74, 6) is -0.0315. The van der Waals surface area contributed by atoms with Crippen LogP contribution in [0.2, 0.25) is 0 Å². The zero-order valence-corrected chi connectivity index (χ0v) is 45.4. The fourth-order valence-corrected chi connectivity index (χ4v) is 9.64. The van der Waals surface area contributed by atoms with Gasteiger partial charge in [0.1, 0.15) is 0 Å². The Labute approximate surface area is 419 Å². The standard InChI is InChI=1S/C61H119NO5/c1-3-5-7-9-11-13-15-17-19-26-29-33-37-41-45-49-53-59(64)58(57-63)62-60(65)54-50-46-42-38-34-30-27-24-22-20-21-23-25-28-32-36-40-44-48-52-56-67-61(66)55-51-47-43-39-35-31-18-16-14-12-10-8-6-4-2/h16,18,58-59,63-64H,3-15,17,19-57H2,1-2H3,(H,62,65)/b18-16-. The van der Waals surface area contributed by atoms with E-state index in [0.717, 1.165) is 44.9 Å². The summed E-state index contributed by atoms with van der Waals surface area (Å²) in [6, 6.07) is -0.542. The highest BCUT2D eigenvalue weighted by atomic mass is 16.5. The molecule has 0 aromatic rings. The molecule has 1 amide bonds. The molecule has 0 saturated carbocycles. The maximum atomic E-state index is 12.5. The van der Waals surface area contributed by atoms with Gasteiger partial charge in [-0.2, -0.15) is 0 Å². The van der Waals surface area contributed by atoms with Crippen LogP contribution < -0.4 is 5.32 Å². The fourth-order valence-electron chi connectivity index (χ4n) is 9.64. The first kappa shape index (κ1) is 65.6. The van der Waals surface area contributed by atoms with Crippen molar-refractivity contribution in [2.75, 3.05) is 13.2 Å². The molecule has 0 aliphatic heterocycles. The third-order valence-electron chi connectivity index (χ3n) is 14.3. The van der Waals surface area contributed by atoms with Crippen molar-refractivity contribution < 1.29 is 24.5 Å². The van der Waals surface area contributed by atoms with Crippen LogP contribution in [0.1, 0.15) is 341 Å². The molecule has 6 nitrogen and oxygen atoms in total. The Kier molecular flexibility index (Phi) is 56.0. The average molecular weight is 947 g/mol. The molecule has 0 saturated heterocycles. The van der Waals surface area contributed by atoms with Gasteiger partial charge in [-0.1, -0.05) is 289 Å². The highest BCUT2D eigenvalue weighted by Crippen LogP contribution is 2.18. The summed E-state index contributed by atoms with van der Waals surface area (Å²) in [7, 11) is 0. The third-order valence-corrected chi connectivity index (χ3v) is 14.3. The Balaban J connectivity index is 3.39. The molecule has 2 unspecified atom stereocenters. The number of unbranched alkanes of at least 4 members (excludes halogenated alkanes) is 44. The van der Waals surface area contributed by atoms with Crippen molar-refractivity contribution in [1.82, 2.24) is 5.32 Å². The van der Waals surface area contributed by atoms with Gasteiger partial charge in [0, 0.05) is 12.8 Å². The number of aliphatic hydroxyl groups is 2. The molecule has 0 rings (SSSR count). The van der Waals surface area contributed by atoms with E-state index in [9.17, 15) is 19.8 Å². The van der Waals surface area contributed by atoms with E-state index in [1.807, 2.05) is 0 Å². The molecule has 0 aliphatic rings. The normalized spacial score (nSPS) is 12.6. The molecule has 0 radical (unpaired) electrons. The molecule has 3 N–H and O–H groups in total. The summed E-state index contributed by atoms with van der Waals surface area (Å²) in [6.07, 6.45) is 67.8. The van der Waals surface area contributed by atoms with Crippen molar-refractivity contribution in [2.45, 2.75) is 353 Å². The van der Waals surface area contributed by atoms with Crippen LogP contribution >= 0.6 is 0 Å². The summed E-state index contributed by atoms with van der Waals surface area (Å²) >= 11 is 0. The van der Waals surface area contributed by atoms with Crippen LogP contribution in [0.15, 0.2) is 12.2 Å².